The Labute approximate surface area is 194 Å². The summed E-state index contributed by atoms with van der Waals surface area (Å²) in [6.07, 6.45) is 1.70. The van der Waals surface area contributed by atoms with Crippen molar-refractivity contribution in [3.05, 3.63) is 59.9 Å². The van der Waals surface area contributed by atoms with Gasteiger partial charge in [0.05, 0.1) is 19.1 Å². The molecule has 0 aliphatic carbocycles. The van der Waals surface area contributed by atoms with Crippen molar-refractivity contribution in [1.29, 1.82) is 0 Å². The lowest BCUT2D eigenvalue weighted by atomic mass is 10.1. The van der Waals surface area contributed by atoms with Crippen LogP contribution < -0.4 is 14.4 Å². The molecule has 0 aliphatic rings. The Balaban J connectivity index is 2.37. The normalized spacial score (nSPS) is 12.0. The minimum absolute atomic E-state index is 0.0672. The number of methoxy groups -OCH3 is 1. The largest absolute Gasteiger partial charge is 0.497 e. The van der Waals surface area contributed by atoms with Crippen LogP contribution in [0.2, 0.25) is 0 Å². The molecule has 8 nitrogen and oxygen atoms in total. The summed E-state index contributed by atoms with van der Waals surface area (Å²) in [4.78, 5) is 27.3. The first-order valence-electron chi connectivity index (χ1n) is 10.5. The fourth-order valence-corrected chi connectivity index (χ4v) is 4.02. The Bertz CT molecular complexity index is 1060. The molecule has 1 atom stereocenters. The van der Waals surface area contributed by atoms with Crippen molar-refractivity contribution in [1.82, 2.24) is 10.2 Å². The standard InChI is InChI=1S/C23H30FN3O5S/c1-5-13-25-23(29)17(2)26(15-18-7-6-8-21(14-18)32-3)22(28)16-27(33(4,30)31)20-11-9-19(24)10-12-20/h6-12,14,17H,5,13,15-16H2,1-4H3,(H,25,29)/t17-/m0/s1. The molecular weight excluding hydrogens is 449 g/mol. The van der Waals surface area contributed by atoms with Crippen LogP contribution in [-0.2, 0) is 26.2 Å². The maximum absolute atomic E-state index is 13.4. The highest BCUT2D eigenvalue weighted by Crippen LogP contribution is 2.20. The van der Waals surface area contributed by atoms with E-state index in [9.17, 15) is 22.4 Å². The van der Waals surface area contributed by atoms with E-state index in [-0.39, 0.29) is 18.1 Å². The van der Waals surface area contributed by atoms with Crippen LogP contribution >= 0.6 is 0 Å². The first kappa shape index (κ1) is 26.1. The molecule has 1 N–H and O–H groups in total. The molecular formula is C23H30FN3O5S. The number of benzene rings is 2. The second kappa shape index (κ2) is 11.6. The van der Waals surface area contributed by atoms with Crippen molar-refractivity contribution < 1.29 is 27.1 Å². The molecule has 2 rings (SSSR count). The molecule has 2 amide bonds. The Morgan fingerprint density at radius 3 is 2.39 bits per heavy atom. The van der Waals surface area contributed by atoms with Gasteiger partial charge < -0.3 is 15.0 Å². The van der Waals surface area contributed by atoms with E-state index in [1.54, 1.807) is 31.2 Å². The van der Waals surface area contributed by atoms with Crippen LogP contribution in [0.1, 0.15) is 25.8 Å². The SMILES string of the molecule is CCCNC(=O)[C@H](C)N(Cc1cccc(OC)c1)C(=O)CN(c1ccc(F)cc1)S(C)(=O)=O. The van der Waals surface area contributed by atoms with E-state index in [1.807, 2.05) is 6.92 Å². The quantitative estimate of drug-likeness (QED) is 0.534. The number of hydrogen-bond acceptors (Lipinski definition) is 5. The topological polar surface area (TPSA) is 96.0 Å². The highest BCUT2D eigenvalue weighted by atomic mass is 32.2. The zero-order valence-electron chi connectivity index (χ0n) is 19.2. The molecule has 0 aliphatic heterocycles. The van der Waals surface area contributed by atoms with Crippen LogP contribution in [0.25, 0.3) is 0 Å². The summed E-state index contributed by atoms with van der Waals surface area (Å²) in [7, 11) is -2.34. The zero-order valence-corrected chi connectivity index (χ0v) is 20.1. The van der Waals surface area contributed by atoms with Crippen LogP contribution in [-0.4, -0.2) is 57.6 Å². The Morgan fingerprint density at radius 1 is 1.15 bits per heavy atom. The molecule has 0 unspecified atom stereocenters. The third-order valence-corrected chi connectivity index (χ3v) is 6.14. The number of anilines is 1. The van der Waals surface area contributed by atoms with Gasteiger partial charge in [-0.3, -0.25) is 13.9 Å². The maximum Gasteiger partial charge on any atom is 0.244 e. The monoisotopic (exact) mass is 479 g/mol. The molecule has 0 heterocycles. The molecule has 2 aromatic rings. The van der Waals surface area contributed by atoms with Gasteiger partial charge in [0.2, 0.25) is 21.8 Å². The van der Waals surface area contributed by atoms with Gasteiger partial charge in [0.15, 0.2) is 0 Å². The van der Waals surface area contributed by atoms with Gasteiger partial charge in [-0.2, -0.15) is 0 Å². The van der Waals surface area contributed by atoms with Crippen molar-refractivity contribution in [2.24, 2.45) is 0 Å². The average molecular weight is 480 g/mol. The number of carbonyl (C=O) groups excluding carboxylic acids is 2. The maximum atomic E-state index is 13.4. The highest BCUT2D eigenvalue weighted by Gasteiger charge is 2.30. The second-order valence-electron chi connectivity index (χ2n) is 7.59. The lowest BCUT2D eigenvalue weighted by molar-refractivity contribution is -0.139. The first-order chi connectivity index (χ1) is 15.6. The summed E-state index contributed by atoms with van der Waals surface area (Å²) in [5.41, 5.74) is 0.863. The Morgan fingerprint density at radius 2 is 1.82 bits per heavy atom. The van der Waals surface area contributed by atoms with Gasteiger partial charge in [-0.15, -0.1) is 0 Å². The van der Waals surface area contributed by atoms with Crippen molar-refractivity contribution in [3.63, 3.8) is 0 Å². The van der Waals surface area contributed by atoms with Crippen LogP contribution in [0.5, 0.6) is 5.75 Å². The van der Waals surface area contributed by atoms with Gasteiger partial charge in [0.25, 0.3) is 0 Å². The van der Waals surface area contributed by atoms with Gasteiger partial charge in [-0.25, -0.2) is 12.8 Å². The molecule has 2 aromatic carbocycles. The lowest BCUT2D eigenvalue weighted by Crippen LogP contribution is -2.51. The van der Waals surface area contributed by atoms with E-state index < -0.39 is 34.3 Å². The fourth-order valence-electron chi connectivity index (χ4n) is 3.17. The molecule has 0 saturated heterocycles. The van der Waals surface area contributed by atoms with Gasteiger partial charge in [-0.05, 0) is 55.3 Å². The van der Waals surface area contributed by atoms with Crippen molar-refractivity contribution in [2.75, 3.05) is 30.8 Å². The van der Waals surface area contributed by atoms with E-state index in [1.165, 1.54) is 24.1 Å². The molecule has 0 radical (unpaired) electrons. The van der Waals surface area contributed by atoms with Crippen LogP contribution in [0.3, 0.4) is 0 Å². The highest BCUT2D eigenvalue weighted by molar-refractivity contribution is 7.92. The first-order valence-corrected chi connectivity index (χ1v) is 12.3. The fraction of sp³-hybridized carbons (Fsp3) is 0.391. The van der Waals surface area contributed by atoms with E-state index in [0.29, 0.717) is 17.9 Å². The molecule has 0 bridgehead atoms. The minimum Gasteiger partial charge on any atom is -0.497 e. The number of halogens is 1. The van der Waals surface area contributed by atoms with Gasteiger partial charge in [0, 0.05) is 13.1 Å². The van der Waals surface area contributed by atoms with Crippen LogP contribution in [0, 0.1) is 5.82 Å². The average Bonchev–Trinajstić information content (AvgIpc) is 2.79. The van der Waals surface area contributed by atoms with Gasteiger partial charge >= 0.3 is 0 Å². The number of hydrogen-bond donors (Lipinski definition) is 1. The Hall–Kier alpha value is -3.14. The predicted molar refractivity (Wildman–Crippen MR) is 125 cm³/mol. The van der Waals surface area contributed by atoms with Gasteiger partial charge in [0.1, 0.15) is 24.2 Å². The number of amides is 2. The van der Waals surface area contributed by atoms with E-state index >= 15 is 0 Å². The number of nitrogens with zero attached hydrogens (tertiary/aromatic N) is 2. The third kappa shape index (κ3) is 7.45. The molecule has 0 fully saturated rings. The number of sulfonamides is 1. The van der Waals surface area contributed by atoms with Crippen LogP contribution in [0.4, 0.5) is 10.1 Å². The second-order valence-corrected chi connectivity index (χ2v) is 9.49. The molecule has 33 heavy (non-hydrogen) atoms. The molecule has 10 heteroatoms. The molecule has 0 saturated carbocycles. The van der Waals surface area contributed by atoms with Crippen molar-refractivity contribution in [2.45, 2.75) is 32.9 Å². The third-order valence-electron chi connectivity index (χ3n) is 5.00. The molecule has 0 aromatic heterocycles. The summed E-state index contributed by atoms with van der Waals surface area (Å²) in [5.74, 6) is -0.862. The minimum atomic E-state index is -3.86. The summed E-state index contributed by atoms with van der Waals surface area (Å²) in [6.45, 7) is 3.48. The number of carbonyl (C=O) groups is 2. The number of rotatable bonds is 11. The predicted octanol–water partition coefficient (Wildman–Crippen LogP) is 2.54. The molecule has 180 valence electrons. The van der Waals surface area contributed by atoms with Crippen LogP contribution in [0.15, 0.2) is 48.5 Å². The summed E-state index contributed by atoms with van der Waals surface area (Å²) < 4.78 is 44.3. The van der Waals surface area contributed by atoms with Crippen molar-refractivity contribution >= 4 is 27.5 Å². The summed E-state index contributed by atoms with van der Waals surface area (Å²) >= 11 is 0. The molecule has 0 spiro atoms. The van der Waals surface area contributed by atoms with E-state index in [0.717, 1.165) is 29.1 Å². The summed E-state index contributed by atoms with van der Waals surface area (Å²) in [6, 6.07) is 11.0. The van der Waals surface area contributed by atoms with E-state index in [4.69, 9.17) is 4.74 Å². The summed E-state index contributed by atoms with van der Waals surface area (Å²) in [5, 5.41) is 2.77. The number of nitrogens with one attached hydrogen (secondary N) is 1. The smallest absolute Gasteiger partial charge is 0.244 e. The van der Waals surface area contributed by atoms with Gasteiger partial charge in [-0.1, -0.05) is 19.1 Å². The number of ether oxygens (including phenoxy) is 1. The lowest BCUT2D eigenvalue weighted by Gasteiger charge is -2.31. The Kier molecular flexibility index (Phi) is 9.22. The van der Waals surface area contributed by atoms with E-state index in [2.05, 4.69) is 5.32 Å². The zero-order chi connectivity index (χ0) is 24.6. The van der Waals surface area contributed by atoms with Crippen molar-refractivity contribution in [3.8, 4) is 5.75 Å².